The second-order valence-electron chi connectivity index (χ2n) is 13.2. The quantitative estimate of drug-likeness (QED) is 0.234. The number of halogens is 2. The van der Waals surface area contributed by atoms with E-state index in [9.17, 15) is 9.59 Å². The lowest BCUT2D eigenvalue weighted by Gasteiger charge is -2.44. The van der Waals surface area contributed by atoms with Gasteiger partial charge in [0.2, 0.25) is 0 Å². The molecular formula is C34H40ClFN6O3. The Morgan fingerprint density at radius 1 is 1.07 bits per heavy atom. The van der Waals surface area contributed by atoms with Gasteiger partial charge in [-0.3, -0.25) is 4.98 Å². The standard InChI is InChI=1S/C34H40ClFN6O3/c1-18(2)27-29(20(4)12-13-37-27)42-31-24(15-25(35)28(38-31)23-14-19(3)10-11-26(23)36)30(39-32(42)43)40-16-22(6)41(17-21(40)5)33(44)45-34(7,8)9/h10-15,18,21-22H,16-17H2,1-9H3/t21-,22+/m0/s1. The Morgan fingerprint density at radius 3 is 2.44 bits per heavy atom. The fourth-order valence-electron chi connectivity index (χ4n) is 5.82. The summed E-state index contributed by atoms with van der Waals surface area (Å²) in [6.07, 6.45) is 1.33. The zero-order valence-electron chi connectivity index (χ0n) is 27.3. The molecule has 11 heteroatoms. The molecule has 0 bridgehead atoms. The number of anilines is 1. The van der Waals surface area contributed by atoms with E-state index in [0.29, 0.717) is 35.7 Å². The lowest BCUT2D eigenvalue weighted by molar-refractivity contribution is 0.0130. The first kappa shape index (κ1) is 32.3. The molecule has 2 atom stereocenters. The summed E-state index contributed by atoms with van der Waals surface area (Å²) in [7, 11) is 0. The van der Waals surface area contributed by atoms with Crippen LogP contribution in [0, 0.1) is 19.7 Å². The zero-order valence-corrected chi connectivity index (χ0v) is 28.0. The zero-order chi connectivity index (χ0) is 33.0. The van der Waals surface area contributed by atoms with Gasteiger partial charge in [0, 0.05) is 36.9 Å². The predicted octanol–water partition coefficient (Wildman–Crippen LogP) is 7.21. The van der Waals surface area contributed by atoms with E-state index in [-0.39, 0.29) is 39.9 Å². The molecule has 3 aromatic heterocycles. The van der Waals surface area contributed by atoms with Gasteiger partial charge in [-0.25, -0.2) is 23.5 Å². The minimum atomic E-state index is -0.629. The summed E-state index contributed by atoms with van der Waals surface area (Å²) in [4.78, 5) is 45.0. The number of rotatable bonds is 4. The molecule has 4 aromatic rings. The molecule has 45 heavy (non-hydrogen) atoms. The second kappa shape index (κ2) is 12.0. The molecule has 4 heterocycles. The topological polar surface area (TPSA) is 93.5 Å². The molecule has 0 unspecified atom stereocenters. The molecule has 0 spiro atoms. The summed E-state index contributed by atoms with van der Waals surface area (Å²) in [5.74, 6) is -0.0873. The number of amides is 1. The van der Waals surface area contributed by atoms with Crippen LogP contribution >= 0.6 is 11.6 Å². The first-order valence-corrected chi connectivity index (χ1v) is 15.6. The van der Waals surface area contributed by atoms with Gasteiger partial charge in [0.25, 0.3) is 0 Å². The number of ether oxygens (including phenoxy) is 1. The lowest BCUT2D eigenvalue weighted by Crippen LogP contribution is -2.59. The Morgan fingerprint density at radius 2 is 1.78 bits per heavy atom. The van der Waals surface area contributed by atoms with Gasteiger partial charge in [0.1, 0.15) is 17.2 Å². The third-order valence-corrected chi connectivity index (χ3v) is 8.28. The van der Waals surface area contributed by atoms with E-state index >= 15 is 4.39 Å². The van der Waals surface area contributed by atoms with Crippen molar-refractivity contribution in [2.75, 3.05) is 18.0 Å². The monoisotopic (exact) mass is 634 g/mol. The number of hydrogen-bond acceptors (Lipinski definition) is 7. The fourth-order valence-corrected chi connectivity index (χ4v) is 6.07. The van der Waals surface area contributed by atoms with Crippen LogP contribution in [0.3, 0.4) is 0 Å². The van der Waals surface area contributed by atoms with Crippen LogP contribution in [-0.2, 0) is 4.74 Å². The third-order valence-electron chi connectivity index (χ3n) is 7.99. The number of aromatic nitrogens is 4. The predicted molar refractivity (Wildman–Crippen MR) is 176 cm³/mol. The number of benzene rings is 1. The highest BCUT2D eigenvalue weighted by molar-refractivity contribution is 6.33. The van der Waals surface area contributed by atoms with Crippen molar-refractivity contribution < 1.29 is 13.9 Å². The van der Waals surface area contributed by atoms with Crippen LogP contribution in [0.25, 0.3) is 28.0 Å². The van der Waals surface area contributed by atoms with Crippen LogP contribution in [0.2, 0.25) is 5.02 Å². The van der Waals surface area contributed by atoms with Crippen molar-refractivity contribution in [1.29, 1.82) is 0 Å². The number of carbonyl (C=O) groups is 1. The molecule has 0 saturated carbocycles. The van der Waals surface area contributed by atoms with Gasteiger partial charge < -0.3 is 14.5 Å². The summed E-state index contributed by atoms with van der Waals surface area (Å²) in [5, 5.41) is 0.750. The molecule has 1 fully saturated rings. The van der Waals surface area contributed by atoms with Crippen LogP contribution in [-0.4, -0.2) is 61.3 Å². The molecule has 1 aromatic carbocycles. The summed E-state index contributed by atoms with van der Waals surface area (Å²) in [6, 6.07) is 7.83. The summed E-state index contributed by atoms with van der Waals surface area (Å²) in [6.45, 7) is 17.9. The van der Waals surface area contributed by atoms with Crippen molar-refractivity contribution in [1.82, 2.24) is 24.4 Å². The number of pyridine rings is 2. The summed E-state index contributed by atoms with van der Waals surface area (Å²) in [5.41, 5.74) is 2.53. The normalized spacial score (nSPS) is 17.3. The van der Waals surface area contributed by atoms with Crippen LogP contribution in [0.1, 0.15) is 71.2 Å². The number of fused-ring (bicyclic) bond motifs is 1. The van der Waals surface area contributed by atoms with E-state index in [2.05, 4.69) is 9.97 Å². The number of piperazine rings is 1. The van der Waals surface area contributed by atoms with Gasteiger partial charge in [-0.05, 0) is 84.2 Å². The molecule has 1 saturated heterocycles. The average Bonchev–Trinajstić information content (AvgIpc) is 2.94. The van der Waals surface area contributed by atoms with Crippen LogP contribution in [0.5, 0.6) is 0 Å². The number of hydrogen-bond donors (Lipinski definition) is 0. The fraction of sp³-hybridized carbons (Fsp3) is 0.441. The van der Waals surface area contributed by atoms with E-state index in [1.807, 2.05) is 73.3 Å². The van der Waals surface area contributed by atoms with Gasteiger partial charge in [0.15, 0.2) is 5.65 Å². The minimum Gasteiger partial charge on any atom is -0.444 e. The molecule has 1 aliphatic rings. The lowest BCUT2D eigenvalue weighted by atomic mass is 10.0. The van der Waals surface area contributed by atoms with E-state index in [4.69, 9.17) is 21.3 Å². The molecule has 0 aliphatic carbocycles. The Labute approximate surface area is 268 Å². The average molecular weight is 635 g/mol. The highest BCUT2D eigenvalue weighted by Crippen LogP contribution is 2.37. The minimum absolute atomic E-state index is 0.00989. The highest BCUT2D eigenvalue weighted by Gasteiger charge is 2.36. The smallest absolute Gasteiger partial charge is 0.410 e. The molecule has 0 N–H and O–H groups in total. The maximum Gasteiger partial charge on any atom is 0.410 e. The molecule has 9 nitrogen and oxygen atoms in total. The molecule has 238 valence electrons. The largest absolute Gasteiger partial charge is 0.444 e. The SMILES string of the molecule is Cc1ccc(F)c(-c2nc3c(cc2Cl)c(N2C[C@@H](C)N(C(=O)OC(C)(C)C)C[C@@H]2C)nc(=O)n3-c2c(C)ccnc2C(C)C)c1. The van der Waals surface area contributed by atoms with E-state index in [0.717, 1.165) is 11.1 Å². The number of carbonyl (C=O) groups excluding carboxylic acids is 1. The maximum absolute atomic E-state index is 15.2. The van der Waals surface area contributed by atoms with Crippen molar-refractivity contribution in [3.05, 3.63) is 74.7 Å². The summed E-state index contributed by atoms with van der Waals surface area (Å²) < 4.78 is 22.3. The van der Waals surface area contributed by atoms with E-state index in [1.165, 1.54) is 10.6 Å². The second-order valence-corrected chi connectivity index (χ2v) is 13.6. The van der Waals surface area contributed by atoms with Crippen molar-refractivity contribution in [3.8, 4) is 16.9 Å². The van der Waals surface area contributed by atoms with E-state index < -0.39 is 23.2 Å². The molecule has 0 radical (unpaired) electrons. The van der Waals surface area contributed by atoms with Gasteiger partial charge in [-0.15, -0.1) is 0 Å². The van der Waals surface area contributed by atoms with Crippen molar-refractivity contribution in [2.45, 2.75) is 85.9 Å². The first-order valence-electron chi connectivity index (χ1n) is 15.2. The van der Waals surface area contributed by atoms with Gasteiger partial charge in [-0.2, -0.15) is 4.98 Å². The van der Waals surface area contributed by atoms with Crippen LogP contribution in [0.15, 0.2) is 41.3 Å². The van der Waals surface area contributed by atoms with Crippen molar-refractivity contribution >= 4 is 34.5 Å². The molecule has 1 aliphatic heterocycles. The Hall–Kier alpha value is -4.05. The number of nitrogens with zero attached hydrogens (tertiary/aromatic N) is 6. The van der Waals surface area contributed by atoms with E-state index in [1.54, 1.807) is 29.3 Å². The molecule has 1 amide bonds. The summed E-state index contributed by atoms with van der Waals surface area (Å²) >= 11 is 6.87. The van der Waals surface area contributed by atoms with Crippen molar-refractivity contribution in [3.63, 3.8) is 0 Å². The molecular weight excluding hydrogens is 595 g/mol. The van der Waals surface area contributed by atoms with Gasteiger partial charge >= 0.3 is 11.8 Å². The van der Waals surface area contributed by atoms with Crippen LogP contribution < -0.4 is 10.6 Å². The Kier molecular flexibility index (Phi) is 8.65. The van der Waals surface area contributed by atoms with Crippen molar-refractivity contribution in [2.24, 2.45) is 0 Å². The maximum atomic E-state index is 15.2. The van der Waals surface area contributed by atoms with Gasteiger partial charge in [0.05, 0.1) is 27.5 Å². The Bertz CT molecular complexity index is 1850. The molecule has 5 rings (SSSR count). The first-order chi connectivity index (χ1) is 21.1. The Balaban J connectivity index is 1.76. The third kappa shape index (κ3) is 6.25. The van der Waals surface area contributed by atoms with Crippen LogP contribution in [0.4, 0.5) is 15.0 Å². The number of aryl methyl sites for hydroxylation is 2. The van der Waals surface area contributed by atoms with Gasteiger partial charge in [-0.1, -0.05) is 37.1 Å². The highest BCUT2D eigenvalue weighted by atomic mass is 35.5.